The molecule has 4 aliphatic heterocycles. The lowest BCUT2D eigenvalue weighted by atomic mass is 9.94. The largest absolute Gasteiger partial charge is 0.369 e. The molecular formula is C24H33Cl2N5O4. The minimum absolute atomic E-state index is 0. The molecule has 5 rings (SSSR count). The Hall–Kier alpha value is -2.20. The van der Waals surface area contributed by atoms with Crippen LogP contribution >= 0.6 is 24.8 Å². The molecule has 11 heteroatoms. The molecule has 4 amide bonds. The van der Waals surface area contributed by atoms with Gasteiger partial charge in [0.05, 0.1) is 11.1 Å². The maximum absolute atomic E-state index is 13.1. The van der Waals surface area contributed by atoms with Crippen molar-refractivity contribution < 1.29 is 19.2 Å². The van der Waals surface area contributed by atoms with Crippen LogP contribution in [0.1, 0.15) is 52.8 Å². The molecule has 1 aromatic carbocycles. The topological polar surface area (TPSA) is 102 Å². The van der Waals surface area contributed by atoms with Crippen LogP contribution in [0.15, 0.2) is 18.2 Å². The van der Waals surface area contributed by atoms with E-state index in [-0.39, 0.29) is 43.6 Å². The average molecular weight is 526 g/mol. The van der Waals surface area contributed by atoms with Crippen LogP contribution in [0.5, 0.6) is 0 Å². The number of anilines is 1. The number of carbonyl (C=O) groups excluding carboxylic acids is 4. The first kappa shape index (κ1) is 27.4. The van der Waals surface area contributed by atoms with Crippen molar-refractivity contribution in [1.82, 2.24) is 20.4 Å². The van der Waals surface area contributed by atoms with Crippen LogP contribution in [0.2, 0.25) is 0 Å². The minimum atomic E-state index is -0.929. The molecule has 0 bridgehead atoms. The highest BCUT2D eigenvalue weighted by molar-refractivity contribution is 6.23. The van der Waals surface area contributed by atoms with E-state index in [0.717, 1.165) is 62.3 Å². The van der Waals surface area contributed by atoms with E-state index in [4.69, 9.17) is 0 Å². The molecule has 0 spiro atoms. The number of rotatable bonds is 5. The van der Waals surface area contributed by atoms with E-state index in [1.807, 2.05) is 6.07 Å². The zero-order valence-electron chi connectivity index (χ0n) is 19.7. The first-order valence-electron chi connectivity index (χ1n) is 12.0. The highest BCUT2D eigenvalue weighted by Crippen LogP contribution is 2.31. The number of amides is 4. The fourth-order valence-corrected chi connectivity index (χ4v) is 5.42. The molecule has 3 saturated heterocycles. The monoisotopic (exact) mass is 525 g/mol. The Bertz CT molecular complexity index is 977. The zero-order chi connectivity index (χ0) is 22.9. The van der Waals surface area contributed by atoms with E-state index < -0.39 is 23.8 Å². The van der Waals surface area contributed by atoms with Crippen molar-refractivity contribution >= 4 is 54.1 Å². The van der Waals surface area contributed by atoms with Crippen molar-refractivity contribution in [2.45, 2.75) is 38.1 Å². The minimum Gasteiger partial charge on any atom is -0.369 e. The molecule has 1 aromatic rings. The number of carbonyl (C=O) groups is 4. The van der Waals surface area contributed by atoms with Crippen molar-refractivity contribution in [2.24, 2.45) is 5.92 Å². The summed E-state index contributed by atoms with van der Waals surface area (Å²) in [6.45, 7) is 7.14. The predicted molar refractivity (Wildman–Crippen MR) is 136 cm³/mol. The van der Waals surface area contributed by atoms with Crippen molar-refractivity contribution in [1.29, 1.82) is 0 Å². The van der Waals surface area contributed by atoms with Gasteiger partial charge in [0, 0.05) is 38.3 Å². The summed E-state index contributed by atoms with van der Waals surface area (Å²) in [6, 6.07) is 4.44. The van der Waals surface area contributed by atoms with E-state index in [0.29, 0.717) is 11.1 Å². The molecular weight excluding hydrogens is 493 g/mol. The maximum atomic E-state index is 13.1. The van der Waals surface area contributed by atoms with Gasteiger partial charge in [0.25, 0.3) is 11.8 Å². The third-order valence-electron chi connectivity index (χ3n) is 7.47. The smallest absolute Gasteiger partial charge is 0.262 e. The van der Waals surface area contributed by atoms with Crippen LogP contribution in [0, 0.1) is 5.92 Å². The molecule has 0 radical (unpaired) electrons. The fraction of sp³-hybridized carbons (Fsp3) is 0.583. The van der Waals surface area contributed by atoms with Crippen molar-refractivity contribution in [2.75, 3.05) is 50.7 Å². The number of imide groups is 2. The van der Waals surface area contributed by atoms with Gasteiger partial charge in [-0.2, -0.15) is 0 Å². The summed E-state index contributed by atoms with van der Waals surface area (Å²) in [6.07, 6.45) is 4.10. The van der Waals surface area contributed by atoms with E-state index >= 15 is 0 Å². The Labute approximate surface area is 217 Å². The van der Waals surface area contributed by atoms with Crippen molar-refractivity contribution in [3.05, 3.63) is 29.3 Å². The number of hydrogen-bond acceptors (Lipinski definition) is 7. The van der Waals surface area contributed by atoms with Gasteiger partial charge >= 0.3 is 0 Å². The number of piperazine rings is 1. The quantitative estimate of drug-likeness (QED) is 0.560. The average Bonchev–Trinajstić information content (AvgIpc) is 3.08. The third-order valence-corrected chi connectivity index (χ3v) is 7.47. The summed E-state index contributed by atoms with van der Waals surface area (Å²) in [7, 11) is 0. The van der Waals surface area contributed by atoms with Gasteiger partial charge in [0.2, 0.25) is 11.8 Å². The van der Waals surface area contributed by atoms with Crippen molar-refractivity contribution in [3.63, 3.8) is 0 Å². The van der Waals surface area contributed by atoms with Gasteiger partial charge in [-0.05, 0) is 69.4 Å². The van der Waals surface area contributed by atoms with Gasteiger partial charge < -0.3 is 10.2 Å². The summed E-state index contributed by atoms with van der Waals surface area (Å²) < 4.78 is 0. The second-order valence-corrected chi connectivity index (χ2v) is 9.49. The lowest BCUT2D eigenvalue weighted by Crippen LogP contribution is -2.54. The fourth-order valence-electron chi connectivity index (χ4n) is 5.42. The summed E-state index contributed by atoms with van der Waals surface area (Å²) in [5.74, 6) is -1.03. The Balaban J connectivity index is 0.00000171. The van der Waals surface area contributed by atoms with E-state index in [1.165, 1.54) is 19.3 Å². The summed E-state index contributed by atoms with van der Waals surface area (Å²) >= 11 is 0. The highest BCUT2D eigenvalue weighted by Gasteiger charge is 2.44. The zero-order valence-corrected chi connectivity index (χ0v) is 21.3. The van der Waals surface area contributed by atoms with Crippen LogP contribution in [0.25, 0.3) is 0 Å². The molecule has 1 unspecified atom stereocenters. The van der Waals surface area contributed by atoms with Gasteiger partial charge in [0.1, 0.15) is 6.04 Å². The van der Waals surface area contributed by atoms with E-state index in [1.54, 1.807) is 12.1 Å². The number of hydrogen-bond donors (Lipinski definition) is 2. The maximum Gasteiger partial charge on any atom is 0.262 e. The molecule has 4 aliphatic rings. The van der Waals surface area contributed by atoms with Gasteiger partial charge in [-0.15, -0.1) is 24.8 Å². The van der Waals surface area contributed by atoms with Crippen LogP contribution in [-0.2, 0) is 9.59 Å². The van der Waals surface area contributed by atoms with E-state index in [2.05, 4.69) is 20.4 Å². The van der Waals surface area contributed by atoms with Gasteiger partial charge in [-0.1, -0.05) is 0 Å². The van der Waals surface area contributed by atoms with Gasteiger partial charge in [-0.25, -0.2) is 0 Å². The van der Waals surface area contributed by atoms with Crippen LogP contribution in [0.4, 0.5) is 5.69 Å². The molecule has 3 fully saturated rings. The standard InChI is InChI=1S/C24H31N5O4.2ClH/c30-21-4-3-20(22(31)26-21)29-23(32)18-2-1-17(15-19(18)24(29)33)28-13-11-27(12-14-28)10-7-16-5-8-25-9-6-16;;/h1-2,15-16,20,25H,3-14H2,(H,26,30,31);2*1H. The SMILES string of the molecule is Cl.Cl.O=C1CCC(N2C(=O)c3ccc(N4CCN(CCC5CCNCC5)CC4)cc3C2=O)C(=O)N1. The number of nitrogens with zero attached hydrogens (tertiary/aromatic N) is 3. The number of fused-ring (bicyclic) bond motifs is 1. The Morgan fingerprint density at radius 3 is 2.23 bits per heavy atom. The number of piperidine rings is 2. The van der Waals surface area contributed by atoms with Crippen molar-refractivity contribution in [3.8, 4) is 0 Å². The molecule has 35 heavy (non-hydrogen) atoms. The first-order chi connectivity index (χ1) is 16.0. The molecule has 0 aliphatic carbocycles. The molecule has 4 heterocycles. The van der Waals surface area contributed by atoms with Crippen LogP contribution in [-0.4, -0.2) is 85.3 Å². The van der Waals surface area contributed by atoms with Crippen LogP contribution in [0.3, 0.4) is 0 Å². The molecule has 9 nitrogen and oxygen atoms in total. The van der Waals surface area contributed by atoms with Gasteiger partial charge in [-0.3, -0.25) is 34.3 Å². The second kappa shape index (κ2) is 11.7. The predicted octanol–water partition coefficient (Wildman–Crippen LogP) is 1.44. The summed E-state index contributed by atoms with van der Waals surface area (Å²) in [5, 5.41) is 5.66. The molecule has 0 aromatic heterocycles. The Morgan fingerprint density at radius 2 is 1.54 bits per heavy atom. The molecule has 1 atom stereocenters. The number of nitrogens with one attached hydrogen (secondary N) is 2. The number of benzene rings is 1. The number of halogens is 2. The highest BCUT2D eigenvalue weighted by atomic mass is 35.5. The van der Waals surface area contributed by atoms with Crippen LogP contribution < -0.4 is 15.5 Å². The van der Waals surface area contributed by atoms with E-state index in [9.17, 15) is 19.2 Å². The molecule has 2 N–H and O–H groups in total. The summed E-state index contributed by atoms with van der Waals surface area (Å²) in [5.41, 5.74) is 1.60. The third kappa shape index (κ3) is 5.63. The molecule has 192 valence electrons. The Kier molecular flexibility index (Phi) is 9.15. The first-order valence-corrected chi connectivity index (χ1v) is 12.0. The lowest BCUT2D eigenvalue weighted by molar-refractivity contribution is -0.136. The lowest BCUT2D eigenvalue weighted by Gasteiger charge is -2.37. The normalized spacial score (nSPS) is 23.5. The second-order valence-electron chi connectivity index (χ2n) is 9.49. The Morgan fingerprint density at radius 1 is 0.857 bits per heavy atom. The summed E-state index contributed by atoms with van der Waals surface area (Å²) in [4.78, 5) is 55.4. The molecule has 0 saturated carbocycles. The van der Waals surface area contributed by atoms with Gasteiger partial charge in [0.15, 0.2) is 0 Å².